The lowest BCUT2D eigenvalue weighted by Crippen LogP contribution is -2.54. The van der Waals surface area contributed by atoms with Gasteiger partial charge in [0, 0.05) is 39.3 Å². The maximum absolute atomic E-state index is 12.0. The van der Waals surface area contributed by atoms with Crippen molar-refractivity contribution in [2.45, 2.75) is 0 Å². The van der Waals surface area contributed by atoms with Gasteiger partial charge in [0.15, 0.2) is 0 Å². The molecule has 0 radical (unpaired) electrons. The molecule has 0 bridgehead atoms. The molecule has 0 aliphatic carbocycles. The predicted octanol–water partition coefficient (Wildman–Crippen LogP) is -0.314. The molecule has 5 heteroatoms. The lowest BCUT2D eigenvalue weighted by molar-refractivity contribution is 0.0389. The van der Waals surface area contributed by atoms with Gasteiger partial charge in [-0.2, -0.15) is 0 Å². The number of hydrogen-bond acceptors (Lipinski definition) is 3. The fraction of sp³-hybridized carbons (Fsp3) is 0.900. The summed E-state index contributed by atoms with van der Waals surface area (Å²) in [4.78, 5) is 18.1. The van der Waals surface area contributed by atoms with E-state index in [2.05, 4.69) is 11.9 Å². The largest absolute Gasteiger partial charge is 0.378 e. The van der Waals surface area contributed by atoms with Gasteiger partial charge in [-0.1, -0.05) is 0 Å². The zero-order valence-electron chi connectivity index (χ0n) is 9.31. The summed E-state index contributed by atoms with van der Waals surface area (Å²) in [6, 6.07) is 0.186. The molecule has 2 aliphatic heterocycles. The Kier molecular flexibility index (Phi) is 3.43. The summed E-state index contributed by atoms with van der Waals surface area (Å²) >= 11 is 0. The Hall–Kier alpha value is -0.810. The number of hydrogen-bond donors (Lipinski definition) is 0. The number of urea groups is 1. The smallest absolute Gasteiger partial charge is 0.320 e. The van der Waals surface area contributed by atoms with E-state index in [1.165, 1.54) is 0 Å². The number of carbonyl (C=O) groups excluding carboxylic acids is 1. The minimum atomic E-state index is 0.186. The number of carbonyl (C=O) groups is 1. The number of amides is 2. The van der Waals surface area contributed by atoms with Crippen molar-refractivity contribution in [3.05, 3.63) is 0 Å². The number of likely N-dealkylation sites (N-methyl/N-ethyl adjacent to an activating group) is 1. The highest BCUT2D eigenvalue weighted by Crippen LogP contribution is 2.06. The fourth-order valence-electron chi connectivity index (χ4n) is 1.95. The van der Waals surface area contributed by atoms with Crippen molar-refractivity contribution < 1.29 is 9.53 Å². The van der Waals surface area contributed by atoms with Crippen molar-refractivity contribution >= 4 is 6.03 Å². The van der Waals surface area contributed by atoms with Crippen LogP contribution in [0.5, 0.6) is 0 Å². The summed E-state index contributed by atoms with van der Waals surface area (Å²) < 4.78 is 5.23. The number of nitrogens with zero attached hydrogens (tertiary/aromatic N) is 3. The molecule has 2 rings (SSSR count). The molecule has 0 N–H and O–H groups in total. The molecule has 86 valence electrons. The molecular formula is C10H19N3O2. The van der Waals surface area contributed by atoms with Gasteiger partial charge in [-0.25, -0.2) is 4.79 Å². The molecule has 0 aromatic rings. The van der Waals surface area contributed by atoms with Crippen LogP contribution in [0.15, 0.2) is 0 Å². The first-order valence-corrected chi connectivity index (χ1v) is 5.57. The van der Waals surface area contributed by atoms with Gasteiger partial charge in [0.1, 0.15) is 0 Å². The van der Waals surface area contributed by atoms with Crippen LogP contribution in [0.4, 0.5) is 4.79 Å². The molecule has 0 unspecified atom stereocenters. The number of piperazine rings is 1. The number of rotatable bonds is 0. The van der Waals surface area contributed by atoms with Crippen molar-refractivity contribution in [1.82, 2.24) is 14.7 Å². The average Bonchev–Trinajstić information content (AvgIpc) is 2.30. The first-order chi connectivity index (χ1) is 7.27. The van der Waals surface area contributed by atoms with Crippen LogP contribution in [0.2, 0.25) is 0 Å². The summed E-state index contributed by atoms with van der Waals surface area (Å²) in [6.45, 7) is 6.51. The van der Waals surface area contributed by atoms with Crippen LogP contribution < -0.4 is 0 Å². The van der Waals surface area contributed by atoms with Crippen molar-refractivity contribution in [2.24, 2.45) is 0 Å². The Balaban J connectivity index is 1.84. The standard InChI is InChI=1S/C10H19N3O2/c1-11-2-4-12(5-3-11)10(14)13-6-8-15-9-7-13/h2-9H2,1H3. The van der Waals surface area contributed by atoms with E-state index in [0.29, 0.717) is 13.2 Å². The van der Waals surface area contributed by atoms with Gasteiger partial charge >= 0.3 is 6.03 Å². The molecule has 5 nitrogen and oxygen atoms in total. The van der Waals surface area contributed by atoms with Crippen molar-refractivity contribution in [3.63, 3.8) is 0 Å². The number of morpholine rings is 1. The van der Waals surface area contributed by atoms with Crippen LogP contribution in [0.3, 0.4) is 0 Å². The van der Waals surface area contributed by atoms with E-state index in [1.54, 1.807) is 0 Å². The average molecular weight is 213 g/mol. The normalized spacial score (nSPS) is 24.3. The van der Waals surface area contributed by atoms with Crippen LogP contribution in [0, 0.1) is 0 Å². The summed E-state index contributed by atoms with van der Waals surface area (Å²) in [5, 5.41) is 0. The lowest BCUT2D eigenvalue weighted by Gasteiger charge is -2.37. The molecule has 2 amide bonds. The Morgan fingerprint density at radius 1 is 0.933 bits per heavy atom. The van der Waals surface area contributed by atoms with E-state index in [4.69, 9.17) is 4.74 Å². The highest BCUT2D eigenvalue weighted by molar-refractivity contribution is 5.74. The van der Waals surface area contributed by atoms with E-state index in [0.717, 1.165) is 39.3 Å². The Morgan fingerprint density at radius 3 is 2.07 bits per heavy atom. The third-order valence-corrected chi connectivity index (χ3v) is 3.06. The maximum atomic E-state index is 12.0. The molecule has 0 saturated carbocycles. The Morgan fingerprint density at radius 2 is 1.47 bits per heavy atom. The summed E-state index contributed by atoms with van der Waals surface area (Å²) in [6.07, 6.45) is 0. The SMILES string of the molecule is CN1CCN(C(=O)N2CCOCC2)CC1. The van der Waals surface area contributed by atoms with Crippen LogP contribution in [0.1, 0.15) is 0 Å². The molecular weight excluding hydrogens is 194 g/mol. The molecule has 2 fully saturated rings. The molecule has 0 aromatic heterocycles. The zero-order chi connectivity index (χ0) is 10.7. The van der Waals surface area contributed by atoms with Crippen LogP contribution in [0.25, 0.3) is 0 Å². The second kappa shape index (κ2) is 4.81. The lowest BCUT2D eigenvalue weighted by atomic mass is 10.3. The minimum absolute atomic E-state index is 0.186. The van der Waals surface area contributed by atoms with Crippen LogP contribution in [-0.2, 0) is 4.74 Å². The second-order valence-electron chi connectivity index (χ2n) is 4.17. The quantitative estimate of drug-likeness (QED) is 0.553. The van der Waals surface area contributed by atoms with E-state index in [9.17, 15) is 4.79 Å². The van der Waals surface area contributed by atoms with E-state index in [-0.39, 0.29) is 6.03 Å². The first kappa shape index (κ1) is 10.7. The van der Waals surface area contributed by atoms with Gasteiger partial charge in [-0.3, -0.25) is 0 Å². The third-order valence-electron chi connectivity index (χ3n) is 3.06. The van der Waals surface area contributed by atoms with Gasteiger partial charge < -0.3 is 19.4 Å². The van der Waals surface area contributed by atoms with Crippen molar-refractivity contribution in [1.29, 1.82) is 0 Å². The van der Waals surface area contributed by atoms with Crippen LogP contribution >= 0.6 is 0 Å². The third kappa shape index (κ3) is 2.60. The highest BCUT2D eigenvalue weighted by Gasteiger charge is 2.24. The second-order valence-corrected chi connectivity index (χ2v) is 4.17. The molecule has 0 spiro atoms. The predicted molar refractivity (Wildman–Crippen MR) is 56.9 cm³/mol. The van der Waals surface area contributed by atoms with Crippen LogP contribution in [-0.4, -0.2) is 80.3 Å². The van der Waals surface area contributed by atoms with Crippen molar-refractivity contribution in [2.75, 3.05) is 59.5 Å². The molecule has 2 aliphatic rings. The van der Waals surface area contributed by atoms with Crippen molar-refractivity contribution in [3.8, 4) is 0 Å². The summed E-state index contributed by atoms with van der Waals surface area (Å²) in [7, 11) is 2.09. The highest BCUT2D eigenvalue weighted by atomic mass is 16.5. The van der Waals surface area contributed by atoms with Gasteiger partial charge in [-0.15, -0.1) is 0 Å². The number of ether oxygens (including phenoxy) is 1. The fourth-order valence-corrected chi connectivity index (χ4v) is 1.95. The van der Waals surface area contributed by atoms with Gasteiger partial charge in [-0.05, 0) is 7.05 Å². The Bertz CT molecular complexity index is 221. The monoisotopic (exact) mass is 213 g/mol. The molecule has 2 heterocycles. The molecule has 0 atom stereocenters. The summed E-state index contributed by atoms with van der Waals surface area (Å²) in [5.41, 5.74) is 0. The van der Waals surface area contributed by atoms with E-state index >= 15 is 0 Å². The van der Waals surface area contributed by atoms with Gasteiger partial charge in [0.05, 0.1) is 13.2 Å². The molecule has 2 saturated heterocycles. The van der Waals surface area contributed by atoms with E-state index < -0.39 is 0 Å². The zero-order valence-corrected chi connectivity index (χ0v) is 9.31. The first-order valence-electron chi connectivity index (χ1n) is 5.57. The molecule has 0 aromatic carbocycles. The topological polar surface area (TPSA) is 36.0 Å². The van der Waals surface area contributed by atoms with E-state index in [1.807, 2.05) is 9.80 Å². The Labute approximate surface area is 90.6 Å². The molecule has 15 heavy (non-hydrogen) atoms. The minimum Gasteiger partial charge on any atom is -0.378 e. The van der Waals surface area contributed by atoms with Gasteiger partial charge in [0.25, 0.3) is 0 Å². The summed E-state index contributed by atoms with van der Waals surface area (Å²) in [5.74, 6) is 0. The van der Waals surface area contributed by atoms with Gasteiger partial charge in [0.2, 0.25) is 0 Å². The maximum Gasteiger partial charge on any atom is 0.320 e.